The van der Waals surface area contributed by atoms with Crippen molar-refractivity contribution < 1.29 is 22.6 Å². The first-order valence-electron chi connectivity index (χ1n) is 9.27. The molecule has 2 heterocycles. The topological polar surface area (TPSA) is 48.7 Å². The summed E-state index contributed by atoms with van der Waals surface area (Å²) in [7, 11) is 0. The van der Waals surface area contributed by atoms with Crippen molar-refractivity contribution in [2.24, 2.45) is 0 Å². The number of alkyl halides is 3. The normalized spacial score (nSPS) is 11.6. The molecular formula is C22H18F3N3O2. The third kappa shape index (κ3) is 4.71. The molecule has 8 heteroatoms. The third-order valence-corrected chi connectivity index (χ3v) is 4.46. The number of rotatable bonds is 6. The number of hydrogen-bond donors (Lipinski definition) is 0. The van der Waals surface area contributed by atoms with Crippen LogP contribution < -0.4 is 9.47 Å². The molecule has 0 bridgehead atoms. The van der Waals surface area contributed by atoms with Gasteiger partial charge >= 0.3 is 6.36 Å². The van der Waals surface area contributed by atoms with Gasteiger partial charge in [-0.3, -0.25) is 0 Å². The zero-order chi connectivity index (χ0) is 21.1. The van der Waals surface area contributed by atoms with Gasteiger partial charge in [0.15, 0.2) is 5.65 Å². The van der Waals surface area contributed by atoms with Gasteiger partial charge in [-0.2, -0.15) is 0 Å². The molecule has 0 aliphatic carbocycles. The fraction of sp³-hybridized carbons (Fsp3) is 0.182. The number of benzene rings is 2. The molecule has 5 nitrogen and oxygen atoms in total. The van der Waals surface area contributed by atoms with E-state index >= 15 is 0 Å². The number of halogens is 3. The molecule has 0 saturated carbocycles. The summed E-state index contributed by atoms with van der Waals surface area (Å²) in [5.74, 6) is 0.0945. The molecule has 0 atom stereocenters. The van der Waals surface area contributed by atoms with Gasteiger partial charge in [-0.25, -0.2) is 9.50 Å². The molecule has 154 valence electrons. The number of fused-ring (bicyclic) bond motifs is 1. The Morgan fingerprint density at radius 1 is 1.00 bits per heavy atom. The minimum atomic E-state index is -4.76. The summed E-state index contributed by atoms with van der Waals surface area (Å²) in [6, 6.07) is 17.4. The van der Waals surface area contributed by atoms with Crippen LogP contribution in [0.4, 0.5) is 13.2 Å². The number of aryl methyl sites for hydroxylation is 1. The largest absolute Gasteiger partial charge is 0.573 e. The van der Waals surface area contributed by atoms with E-state index in [2.05, 4.69) is 27.0 Å². The summed E-state index contributed by atoms with van der Waals surface area (Å²) in [5.41, 5.74) is 3.93. The van der Waals surface area contributed by atoms with Crippen molar-refractivity contribution in [1.82, 2.24) is 14.6 Å². The number of ether oxygens (including phenoxy) is 2. The molecule has 4 rings (SSSR count). The Kier molecular flexibility index (Phi) is 5.31. The first-order valence-corrected chi connectivity index (χ1v) is 9.27. The van der Waals surface area contributed by atoms with Gasteiger partial charge in [0.25, 0.3) is 0 Å². The molecule has 2 aromatic heterocycles. The number of hydrogen-bond acceptors (Lipinski definition) is 4. The first-order chi connectivity index (χ1) is 14.4. The summed E-state index contributed by atoms with van der Waals surface area (Å²) in [4.78, 5) is 4.26. The highest BCUT2D eigenvalue weighted by atomic mass is 19.4. The minimum absolute atomic E-state index is 0.305. The van der Waals surface area contributed by atoms with E-state index < -0.39 is 6.36 Å². The average Bonchev–Trinajstić information content (AvgIpc) is 3.12. The molecule has 0 aliphatic rings. The van der Waals surface area contributed by atoms with Gasteiger partial charge in [-0.05, 0) is 30.7 Å². The molecule has 30 heavy (non-hydrogen) atoms. The van der Waals surface area contributed by atoms with Crippen LogP contribution in [-0.2, 0) is 6.42 Å². The zero-order valence-corrected chi connectivity index (χ0v) is 16.1. The molecular weight excluding hydrogens is 395 g/mol. The minimum Gasteiger partial charge on any atom is -0.476 e. The summed E-state index contributed by atoms with van der Waals surface area (Å²) in [5, 5.41) is 4.43. The Morgan fingerprint density at radius 2 is 1.80 bits per heavy atom. The van der Waals surface area contributed by atoms with Gasteiger partial charge in [-0.15, -0.1) is 18.3 Å². The van der Waals surface area contributed by atoms with Crippen LogP contribution in [0.1, 0.15) is 11.1 Å². The highest BCUT2D eigenvalue weighted by Gasteiger charge is 2.31. The van der Waals surface area contributed by atoms with Crippen LogP contribution in [0.15, 0.2) is 66.9 Å². The van der Waals surface area contributed by atoms with Crippen molar-refractivity contribution in [2.75, 3.05) is 6.61 Å². The lowest BCUT2D eigenvalue weighted by Gasteiger charge is -2.10. The maximum atomic E-state index is 12.5. The summed E-state index contributed by atoms with van der Waals surface area (Å²) in [6.45, 7) is 2.48. The van der Waals surface area contributed by atoms with Gasteiger partial charge in [0.1, 0.15) is 5.75 Å². The van der Waals surface area contributed by atoms with E-state index in [4.69, 9.17) is 4.74 Å². The zero-order valence-electron chi connectivity index (χ0n) is 16.1. The smallest absolute Gasteiger partial charge is 0.476 e. The summed E-state index contributed by atoms with van der Waals surface area (Å²) in [6.07, 6.45) is -2.48. The van der Waals surface area contributed by atoms with E-state index in [1.54, 1.807) is 24.4 Å². The fourth-order valence-electron chi connectivity index (χ4n) is 3.01. The van der Waals surface area contributed by atoms with E-state index in [9.17, 15) is 13.2 Å². The Labute approximate surface area is 170 Å². The van der Waals surface area contributed by atoms with E-state index in [0.717, 1.165) is 12.0 Å². The molecule has 0 saturated heterocycles. The van der Waals surface area contributed by atoms with Crippen LogP contribution >= 0.6 is 0 Å². The van der Waals surface area contributed by atoms with Gasteiger partial charge in [0.05, 0.1) is 18.5 Å². The average molecular weight is 413 g/mol. The van der Waals surface area contributed by atoms with Crippen LogP contribution in [0.5, 0.6) is 11.6 Å². The monoisotopic (exact) mass is 413 g/mol. The van der Waals surface area contributed by atoms with Crippen molar-refractivity contribution in [3.05, 3.63) is 78.0 Å². The van der Waals surface area contributed by atoms with E-state index in [1.165, 1.54) is 28.3 Å². The maximum absolute atomic E-state index is 12.5. The van der Waals surface area contributed by atoms with Crippen molar-refractivity contribution >= 4 is 5.65 Å². The summed E-state index contributed by atoms with van der Waals surface area (Å²) >= 11 is 0. The Morgan fingerprint density at radius 3 is 2.57 bits per heavy atom. The van der Waals surface area contributed by atoms with Crippen molar-refractivity contribution in [2.45, 2.75) is 19.7 Å². The highest BCUT2D eigenvalue weighted by molar-refractivity contribution is 5.64. The molecule has 2 aromatic carbocycles. The molecule has 0 spiro atoms. The second-order valence-corrected chi connectivity index (χ2v) is 6.74. The predicted octanol–water partition coefficient (Wildman–Crippen LogP) is 5.22. The molecule has 0 fully saturated rings. The lowest BCUT2D eigenvalue weighted by molar-refractivity contribution is -0.274. The van der Waals surface area contributed by atoms with Crippen LogP contribution in [0.25, 0.3) is 16.9 Å². The lowest BCUT2D eigenvalue weighted by Crippen LogP contribution is -2.17. The molecule has 0 unspecified atom stereocenters. The number of nitrogens with zero attached hydrogens (tertiary/aromatic N) is 3. The van der Waals surface area contributed by atoms with Gasteiger partial charge in [0, 0.05) is 18.1 Å². The van der Waals surface area contributed by atoms with E-state index in [-0.39, 0.29) is 5.75 Å². The lowest BCUT2D eigenvalue weighted by atomic mass is 10.1. The molecule has 0 N–H and O–H groups in total. The Hall–Kier alpha value is -3.55. The van der Waals surface area contributed by atoms with Crippen LogP contribution in [0.3, 0.4) is 0 Å². The van der Waals surface area contributed by atoms with Crippen molar-refractivity contribution in [1.29, 1.82) is 0 Å². The number of aromatic nitrogens is 3. The van der Waals surface area contributed by atoms with Crippen LogP contribution in [0, 0.1) is 6.92 Å². The van der Waals surface area contributed by atoms with Crippen LogP contribution in [-0.4, -0.2) is 27.6 Å². The second-order valence-electron chi connectivity index (χ2n) is 6.74. The molecule has 0 radical (unpaired) electrons. The summed E-state index contributed by atoms with van der Waals surface area (Å²) < 4.78 is 48.8. The molecule has 0 aliphatic heterocycles. The van der Waals surface area contributed by atoms with E-state index in [1.807, 2.05) is 19.1 Å². The number of imidazole rings is 1. The maximum Gasteiger partial charge on any atom is 0.573 e. The Bertz CT molecular complexity index is 1150. The quantitative estimate of drug-likeness (QED) is 0.435. The van der Waals surface area contributed by atoms with Gasteiger partial charge in [0.2, 0.25) is 5.88 Å². The second kappa shape index (κ2) is 8.06. The highest BCUT2D eigenvalue weighted by Crippen LogP contribution is 2.28. The van der Waals surface area contributed by atoms with E-state index in [0.29, 0.717) is 29.4 Å². The van der Waals surface area contributed by atoms with Crippen molar-refractivity contribution in [3.63, 3.8) is 0 Å². The third-order valence-electron chi connectivity index (χ3n) is 4.46. The van der Waals surface area contributed by atoms with Gasteiger partial charge < -0.3 is 9.47 Å². The van der Waals surface area contributed by atoms with Crippen molar-refractivity contribution in [3.8, 4) is 22.9 Å². The fourth-order valence-corrected chi connectivity index (χ4v) is 3.01. The SMILES string of the molecule is Cc1ccc(CCOc2ccc3ncc(-c4cccc(OC(F)(F)F)c4)n3n2)cc1. The Balaban J connectivity index is 1.53. The standard InChI is InChI=1S/C22H18F3N3O2/c1-15-5-7-16(8-6-15)11-12-29-21-10-9-20-26-14-19(28(20)27-21)17-3-2-4-18(13-17)30-22(23,24)25/h2-10,13-14H,11-12H2,1H3. The predicted molar refractivity (Wildman–Crippen MR) is 105 cm³/mol. The van der Waals surface area contributed by atoms with Gasteiger partial charge in [-0.1, -0.05) is 42.0 Å². The van der Waals surface area contributed by atoms with Crippen LogP contribution in [0.2, 0.25) is 0 Å². The molecule has 4 aromatic rings. The molecule has 0 amide bonds. The first kappa shape index (κ1) is 19.8.